The lowest BCUT2D eigenvalue weighted by Gasteiger charge is -2.31. The monoisotopic (exact) mass is 525 g/mol. The lowest BCUT2D eigenvalue weighted by molar-refractivity contribution is 0.290. The highest BCUT2D eigenvalue weighted by molar-refractivity contribution is 5.66. The summed E-state index contributed by atoms with van der Waals surface area (Å²) in [6, 6.07) is 11.8. The first kappa shape index (κ1) is 24.4. The second-order valence-electron chi connectivity index (χ2n) is 9.17. The third kappa shape index (κ3) is 5.37. The number of ether oxygens (including phenoxy) is 2. The van der Waals surface area contributed by atoms with E-state index in [1.807, 2.05) is 43.5 Å². The Labute approximate surface area is 224 Å². The van der Waals surface area contributed by atoms with Gasteiger partial charge in [-0.1, -0.05) is 12.1 Å². The van der Waals surface area contributed by atoms with Crippen LogP contribution in [-0.2, 0) is 6.61 Å². The molecule has 198 valence electrons. The first-order valence-corrected chi connectivity index (χ1v) is 12.6. The third-order valence-electron chi connectivity index (χ3n) is 6.69. The van der Waals surface area contributed by atoms with E-state index in [-0.39, 0.29) is 6.04 Å². The van der Waals surface area contributed by atoms with E-state index in [0.29, 0.717) is 18.2 Å². The Bertz CT molecular complexity index is 1510. The predicted molar refractivity (Wildman–Crippen MR) is 141 cm³/mol. The maximum absolute atomic E-state index is 5.83. The van der Waals surface area contributed by atoms with Crippen LogP contribution in [0.4, 0.5) is 5.95 Å². The van der Waals surface area contributed by atoms with Crippen LogP contribution in [0.15, 0.2) is 61.3 Å². The summed E-state index contributed by atoms with van der Waals surface area (Å²) in [6.45, 7) is 3.99. The molecule has 39 heavy (non-hydrogen) atoms. The molecule has 1 aliphatic heterocycles. The molecule has 1 saturated heterocycles. The Morgan fingerprint density at radius 1 is 0.949 bits per heavy atom. The molecule has 13 heteroatoms. The van der Waals surface area contributed by atoms with Crippen LogP contribution in [0, 0.1) is 6.92 Å². The van der Waals surface area contributed by atoms with Crippen molar-refractivity contribution in [2.75, 3.05) is 25.1 Å². The van der Waals surface area contributed by atoms with Crippen molar-refractivity contribution in [3.63, 3.8) is 0 Å². The van der Waals surface area contributed by atoms with Crippen molar-refractivity contribution in [1.29, 1.82) is 0 Å². The molecule has 0 bridgehead atoms. The van der Waals surface area contributed by atoms with Gasteiger partial charge in [0.05, 0.1) is 31.2 Å². The molecule has 0 saturated carbocycles. The number of rotatable bonds is 8. The minimum absolute atomic E-state index is 0.215. The van der Waals surface area contributed by atoms with Crippen LogP contribution in [-0.4, -0.2) is 70.4 Å². The zero-order valence-electron chi connectivity index (χ0n) is 21.6. The van der Waals surface area contributed by atoms with E-state index in [1.54, 1.807) is 30.4 Å². The normalized spacial score (nSPS) is 13.9. The van der Waals surface area contributed by atoms with Gasteiger partial charge in [0.1, 0.15) is 30.1 Å². The highest BCUT2D eigenvalue weighted by Crippen LogP contribution is 2.28. The number of benzene rings is 1. The first-order valence-electron chi connectivity index (χ1n) is 12.6. The van der Waals surface area contributed by atoms with Crippen LogP contribution < -0.4 is 14.4 Å². The number of piperidine rings is 1. The Morgan fingerprint density at radius 2 is 1.77 bits per heavy atom. The lowest BCUT2D eigenvalue weighted by Crippen LogP contribution is -2.36. The standard InChI is InChI=1S/C26H27N11O2/c1-18-24(19-3-5-22(38-2)6-4-19)15-28-26(31-18)35-11-9-21(10-12-35)37-30-13-20(32-37)16-39-23-7-8-25(27-14-23)36-17-29-33-34-36/h3-8,13-15,17,21H,9-12,16H2,1-2H3. The number of aromatic nitrogens is 10. The van der Waals surface area contributed by atoms with Crippen molar-refractivity contribution >= 4 is 5.95 Å². The highest BCUT2D eigenvalue weighted by atomic mass is 16.5. The Kier molecular flexibility index (Phi) is 6.76. The van der Waals surface area contributed by atoms with Crippen molar-refractivity contribution in [2.45, 2.75) is 32.4 Å². The molecule has 1 fully saturated rings. The van der Waals surface area contributed by atoms with Crippen LogP contribution in [0.3, 0.4) is 0 Å². The SMILES string of the molecule is COc1ccc(-c2cnc(N3CCC(n4ncc(COc5ccc(-n6cnnn6)nc5)n4)CC3)nc2C)cc1. The van der Waals surface area contributed by atoms with E-state index in [0.717, 1.165) is 60.1 Å². The molecule has 6 rings (SSSR count). The number of hydrogen-bond acceptors (Lipinski definition) is 11. The van der Waals surface area contributed by atoms with Gasteiger partial charge in [0.2, 0.25) is 5.95 Å². The largest absolute Gasteiger partial charge is 0.497 e. The first-order chi connectivity index (χ1) is 19.2. The number of tetrazole rings is 1. The summed E-state index contributed by atoms with van der Waals surface area (Å²) in [6.07, 6.45) is 8.57. The molecule has 0 spiro atoms. The van der Waals surface area contributed by atoms with Crippen LogP contribution in [0.2, 0.25) is 0 Å². The summed E-state index contributed by atoms with van der Waals surface area (Å²) >= 11 is 0. The van der Waals surface area contributed by atoms with E-state index in [9.17, 15) is 0 Å². The van der Waals surface area contributed by atoms with Crippen molar-refractivity contribution in [2.24, 2.45) is 0 Å². The number of anilines is 1. The van der Waals surface area contributed by atoms with Crippen molar-refractivity contribution in [1.82, 2.24) is 50.2 Å². The molecule has 0 unspecified atom stereocenters. The molecule has 1 aromatic carbocycles. The second-order valence-corrected chi connectivity index (χ2v) is 9.17. The van der Waals surface area contributed by atoms with Gasteiger partial charge in [0.25, 0.3) is 0 Å². The molecule has 5 heterocycles. The van der Waals surface area contributed by atoms with Crippen LogP contribution >= 0.6 is 0 Å². The Balaban J connectivity index is 1.02. The number of methoxy groups -OCH3 is 1. The zero-order chi connectivity index (χ0) is 26.6. The molecule has 0 aliphatic carbocycles. The zero-order valence-corrected chi connectivity index (χ0v) is 21.6. The topological polar surface area (TPSA) is 135 Å². The highest BCUT2D eigenvalue weighted by Gasteiger charge is 2.24. The maximum atomic E-state index is 5.83. The lowest BCUT2D eigenvalue weighted by atomic mass is 10.1. The number of aryl methyl sites for hydroxylation is 1. The van der Waals surface area contributed by atoms with E-state index in [2.05, 4.69) is 40.6 Å². The maximum Gasteiger partial charge on any atom is 0.225 e. The van der Waals surface area contributed by atoms with Crippen LogP contribution in [0.25, 0.3) is 16.9 Å². The molecule has 5 aromatic rings. The van der Waals surface area contributed by atoms with E-state index in [4.69, 9.17) is 14.5 Å². The predicted octanol–water partition coefficient (Wildman–Crippen LogP) is 2.84. The van der Waals surface area contributed by atoms with Gasteiger partial charge in [0.15, 0.2) is 5.82 Å². The molecular formula is C26H27N11O2. The summed E-state index contributed by atoms with van der Waals surface area (Å²) in [5.41, 5.74) is 3.80. The summed E-state index contributed by atoms with van der Waals surface area (Å²) in [5, 5.41) is 20.2. The minimum atomic E-state index is 0.215. The van der Waals surface area contributed by atoms with Gasteiger partial charge in [-0.2, -0.15) is 19.7 Å². The van der Waals surface area contributed by atoms with E-state index in [1.165, 1.54) is 11.0 Å². The smallest absolute Gasteiger partial charge is 0.225 e. The average Bonchev–Trinajstić information content (AvgIpc) is 3.70. The second kappa shape index (κ2) is 10.8. The van der Waals surface area contributed by atoms with E-state index < -0.39 is 0 Å². The third-order valence-corrected chi connectivity index (χ3v) is 6.69. The fraction of sp³-hybridized carbons (Fsp3) is 0.308. The minimum Gasteiger partial charge on any atom is -0.497 e. The van der Waals surface area contributed by atoms with Gasteiger partial charge in [-0.15, -0.1) is 5.10 Å². The van der Waals surface area contributed by atoms with Crippen LogP contribution in [0.5, 0.6) is 11.5 Å². The molecule has 0 N–H and O–H groups in total. The van der Waals surface area contributed by atoms with Gasteiger partial charge in [-0.25, -0.2) is 15.0 Å². The van der Waals surface area contributed by atoms with Gasteiger partial charge in [0, 0.05) is 24.8 Å². The summed E-state index contributed by atoms with van der Waals surface area (Å²) < 4.78 is 12.6. The average molecular weight is 526 g/mol. The fourth-order valence-corrected chi connectivity index (χ4v) is 4.53. The van der Waals surface area contributed by atoms with Crippen molar-refractivity contribution < 1.29 is 9.47 Å². The number of nitrogens with zero attached hydrogens (tertiary/aromatic N) is 11. The number of hydrogen-bond donors (Lipinski definition) is 0. The van der Waals surface area contributed by atoms with Gasteiger partial charge in [-0.05, 0) is 60.0 Å². The van der Waals surface area contributed by atoms with Gasteiger partial charge >= 0.3 is 0 Å². The fourth-order valence-electron chi connectivity index (χ4n) is 4.53. The van der Waals surface area contributed by atoms with Crippen LogP contribution in [0.1, 0.15) is 30.3 Å². The molecular weight excluding hydrogens is 498 g/mol. The molecule has 0 atom stereocenters. The molecule has 1 aliphatic rings. The molecule has 13 nitrogen and oxygen atoms in total. The quantitative estimate of drug-likeness (QED) is 0.296. The van der Waals surface area contributed by atoms with Crippen molar-refractivity contribution in [3.05, 3.63) is 72.7 Å². The van der Waals surface area contributed by atoms with Crippen molar-refractivity contribution in [3.8, 4) is 28.4 Å². The molecule has 0 radical (unpaired) electrons. The Morgan fingerprint density at radius 3 is 2.46 bits per heavy atom. The van der Waals surface area contributed by atoms with Gasteiger partial charge < -0.3 is 14.4 Å². The summed E-state index contributed by atoms with van der Waals surface area (Å²) in [4.78, 5) is 17.8. The van der Waals surface area contributed by atoms with Gasteiger partial charge in [-0.3, -0.25) is 0 Å². The summed E-state index contributed by atoms with van der Waals surface area (Å²) in [7, 11) is 1.66. The van der Waals surface area contributed by atoms with E-state index >= 15 is 0 Å². The number of pyridine rings is 1. The molecule has 4 aromatic heterocycles. The molecule has 0 amide bonds. The summed E-state index contributed by atoms with van der Waals surface area (Å²) in [5.74, 6) is 2.82. The Hall–Kier alpha value is -4.94.